The van der Waals surface area contributed by atoms with Crippen LogP contribution in [-0.2, 0) is 6.42 Å². The minimum absolute atomic E-state index is 0.469. The Kier molecular flexibility index (Phi) is 5.37. The SMILES string of the molecule is CCCCc1cn(-c2ccc(-c3nnc(-c4cc(OC)ccc4C)o3)cc2)nn1. The number of aromatic nitrogens is 5. The third-order valence-electron chi connectivity index (χ3n) is 4.81. The van der Waals surface area contributed by atoms with Crippen LogP contribution in [0.4, 0.5) is 0 Å². The van der Waals surface area contributed by atoms with Crippen molar-refractivity contribution in [1.29, 1.82) is 0 Å². The van der Waals surface area contributed by atoms with E-state index in [2.05, 4.69) is 27.4 Å². The van der Waals surface area contributed by atoms with Crippen molar-refractivity contribution in [3.05, 3.63) is 59.9 Å². The van der Waals surface area contributed by atoms with Gasteiger partial charge in [0.15, 0.2) is 0 Å². The summed E-state index contributed by atoms with van der Waals surface area (Å²) in [5.74, 6) is 1.69. The number of nitrogens with zero attached hydrogens (tertiary/aromatic N) is 5. The van der Waals surface area contributed by atoms with Crippen molar-refractivity contribution in [2.75, 3.05) is 7.11 Å². The molecule has 0 atom stereocenters. The molecule has 0 saturated heterocycles. The van der Waals surface area contributed by atoms with Crippen LogP contribution in [-0.4, -0.2) is 32.3 Å². The smallest absolute Gasteiger partial charge is 0.248 e. The Hall–Kier alpha value is -3.48. The number of hydrogen-bond donors (Lipinski definition) is 0. The Balaban J connectivity index is 1.55. The van der Waals surface area contributed by atoms with E-state index in [1.807, 2.05) is 55.6 Å². The number of rotatable bonds is 7. The molecule has 0 fully saturated rings. The molecule has 29 heavy (non-hydrogen) atoms. The lowest BCUT2D eigenvalue weighted by Gasteiger charge is -2.04. The van der Waals surface area contributed by atoms with E-state index < -0.39 is 0 Å². The van der Waals surface area contributed by atoms with E-state index in [4.69, 9.17) is 9.15 Å². The lowest BCUT2D eigenvalue weighted by Crippen LogP contribution is -1.94. The van der Waals surface area contributed by atoms with Crippen molar-refractivity contribution < 1.29 is 9.15 Å². The highest BCUT2D eigenvalue weighted by atomic mass is 16.5. The molecule has 0 unspecified atom stereocenters. The molecule has 4 aromatic rings. The van der Waals surface area contributed by atoms with Crippen molar-refractivity contribution in [2.24, 2.45) is 0 Å². The molecule has 7 heteroatoms. The number of ether oxygens (including phenoxy) is 1. The average molecular weight is 389 g/mol. The van der Waals surface area contributed by atoms with E-state index in [1.54, 1.807) is 11.8 Å². The molecule has 0 saturated carbocycles. The molecule has 148 valence electrons. The molecule has 2 aromatic carbocycles. The molecule has 0 bridgehead atoms. The topological polar surface area (TPSA) is 78.9 Å². The maximum Gasteiger partial charge on any atom is 0.248 e. The average Bonchev–Trinajstić information content (AvgIpc) is 3.43. The highest BCUT2D eigenvalue weighted by molar-refractivity contribution is 5.63. The summed E-state index contributed by atoms with van der Waals surface area (Å²) >= 11 is 0. The zero-order chi connectivity index (χ0) is 20.2. The Morgan fingerprint density at radius 1 is 1.00 bits per heavy atom. The van der Waals surface area contributed by atoms with Crippen molar-refractivity contribution in [3.8, 4) is 34.3 Å². The maximum atomic E-state index is 5.92. The first-order valence-electron chi connectivity index (χ1n) is 9.68. The van der Waals surface area contributed by atoms with Crippen molar-refractivity contribution in [1.82, 2.24) is 25.2 Å². The van der Waals surface area contributed by atoms with Gasteiger partial charge >= 0.3 is 0 Å². The lowest BCUT2D eigenvalue weighted by atomic mass is 10.1. The quantitative estimate of drug-likeness (QED) is 0.458. The molecule has 0 aliphatic rings. The first kappa shape index (κ1) is 18.9. The van der Waals surface area contributed by atoms with Crippen molar-refractivity contribution in [3.63, 3.8) is 0 Å². The Morgan fingerprint density at radius 3 is 2.55 bits per heavy atom. The van der Waals surface area contributed by atoms with Gasteiger partial charge < -0.3 is 9.15 Å². The molecule has 0 aliphatic carbocycles. The third-order valence-corrected chi connectivity index (χ3v) is 4.81. The predicted octanol–water partition coefficient (Wildman–Crippen LogP) is 4.64. The number of hydrogen-bond acceptors (Lipinski definition) is 6. The van der Waals surface area contributed by atoms with Crippen LogP contribution >= 0.6 is 0 Å². The van der Waals surface area contributed by atoms with E-state index in [-0.39, 0.29) is 0 Å². The normalized spacial score (nSPS) is 11.0. The third kappa shape index (κ3) is 4.03. The van der Waals surface area contributed by atoms with Crippen LogP contribution in [0.3, 0.4) is 0 Å². The molecule has 0 aliphatic heterocycles. The summed E-state index contributed by atoms with van der Waals surface area (Å²) in [5.41, 5.74) is 4.70. The summed E-state index contributed by atoms with van der Waals surface area (Å²) in [4.78, 5) is 0. The Bertz CT molecular complexity index is 1100. The molecular formula is C22H23N5O2. The summed E-state index contributed by atoms with van der Waals surface area (Å²) in [7, 11) is 1.64. The second-order valence-corrected chi connectivity index (χ2v) is 6.90. The van der Waals surface area contributed by atoms with Crippen LogP contribution in [0.5, 0.6) is 5.75 Å². The zero-order valence-corrected chi connectivity index (χ0v) is 16.8. The monoisotopic (exact) mass is 389 g/mol. The van der Waals surface area contributed by atoms with Crippen LogP contribution in [0.1, 0.15) is 31.0 Å². The largest absolute Gasteiger partial charge is 0.497 e. The Labute approximate surface area is 169 Å². The van der Waals surface area contributed by atoms with E-state index in [1.165, 1.54) is 0 Å². The van der Waals surface area contributed by atoms with Gasteiger partial charge in [-0.3, -0.25) is 0 Å². The van der Waals surface area contributed by atoms with E-state index in [9.17, 15) is 0 Å². The number of unbranched alkanes of at least 4 members (excludes halogenated alkanes) is 1. The Morgan fingerprint density at radius 2 is 1.79 bits per heavy atom. The standard InChI is InChI=1S/C22H23N5O2/c1-4-5-6-17-14-27(26-23-17)18-10-8-16(9-11-18)21-24-25-22(29-21)20-13-19(28-3)12-7-15(20)2/h7-14H,4-6H2,1-3H3. The second kappa shape index (κ2) is 8.26. The minimum atomic E-state index is 0.469. The molecule has 7 nitrogen and oxygen atoms in total. The van der Waals surface area contributed by atoms with Crippen LogP contribution in [0.15, 0.2) is 53.1 Å². The minimum Gasteiger partial charge on any atom is -0.497 e. The fourth-order valence-corrected chi connectivity index (χ4v) is 3.06. The highest BCUT2D eigenvalue weighted by Crippen LogP contribution is 2.29. The molecule has 0 amide bonds. The molecular weight excluding hydrogens is 366 g/mol. The second-order valence-electron chi connectivity index (χ2n) is 6.90. The van der Waals surface area contributed by atoms with E-state index in [0.29, 0.717) is 11.8 Å². The van der Waals surface area contributed by atoms with Gasteiger partial charge in [-0.15, -0.1) is 15.3 Å². The van der Waals surface area contributed by atoms with Gasteiger partial charge in [0.25, 0.3) is 0 Å². The summed E-state index contributed by atoms with van der Waals surface area (Å²) in [5, 5.41) is 16.9. The first-order chi connectivity index (χ1) is 14.2. The van der Waals surface area contributed by atoms with Crippen molar-refractivity contribution >= 4 is 0 Å². The van der Waals surface area contributed by atoms with E-state index >= 15 is 0 Å². The maximum absolute atomic E-state index is 5.92. The van der Waals surface area contributed by atoms with Gasteiger partial charge in [-0.2, -0.15) is 0 Å². The van der Waals surface area contributed by atoms with Gasteiger partial charge in [0, 0.05) is 11.1 Å². The molecule has 2 aromatic heterocycles. The van der Waals surface area contributed by atoms with Gasteiger partial charge in [-0.05, 0) is 61.7 Å². The van der Waals surface area contributed by atoms with Crippen molar-refractivity contribution in [2.45, 2.75) is 33.1 Å². The van der Waals surface area contributed by atoms with Gasteiger partial charge in [0.2, 0.25) is 11.8 Å². The summed E-state index contributed by atoms with van der Waals surface area (Å²) in [6.45, 7) is 4.17. The van der Waals surface area contributed by atoms with Crippen LogP contribution in [0.2, 0.25) is 0 Å². The fraction of sp³-hybridized carbons (Fsp3) is 0.273. The number of methoxy groups -OCH3 is 1. The molecule has 0 N–H and O–H groups in total. The summed E-state index contributed by atoms with van der Waals surface area (Å²) in [6.07, 6.45) is 5.18. The lowest BCUT2D eigenvalue weighted by molar-refractivity contribution is 0.414. The number of aryl methyl sites for hydroxylation is 2. The van der Waals surface area contributed by atoms with Gasteiger partial charge in [-0.25, -0.2) is 4.68 Å². The summed E-state index contributed by atoms with van der Waals surface area (Å²) in [6, 6.07) is 13.6. The van der Waals surface area contributed by atoms with Gasteiger partial charge in [0.05, 0.1) is 24.7 Å². The molecule has 4 rings (SSSR count). The van der Waals surface area contributed by atoms with E-state index in [0.717, 1.165) is 53.1 Å². The fourth-order valence-electron chi connectivity index (χ4n) is 3.06. The van der Waals surface area contributed by atoms with Gasteiger partial charge in [-0.1, -0.05) is 24.6 Å². The zero-order valence-electron chi connectivity index (χ0n) is 16.8. The van der Waals surface area contributed by atoms with Crippen LogP contribution in [0, 0.1) is 6.92 Å². The molecule has 2 heterocycles. The summed E-state index contributed by atoms with van der Waals surface area (Å²) < 4.78 is 13.0. The number of benzene rings is 2. The molecule has 0 spiro atoms. The first-order valence-corrected chi connectivity index (χ1v) is 9.68. The van der Waals surface area contributed by atoms with Gasteiger partial charge in [0.1, 0.15) is 5.75 Å². The van der Waals surface area contributed by atoms with Crippen LogP contribution < -0.4 is 4.74 Å². The van der Waals surface area contributed by atoms with Crippen LogP contribution in [0.25, 0.3) is 28.6 Å². The predicted molar refractivity (Wildman–Crippen MR) is 110 cm³/mol. The molecule has 0 radical (unpaired) electrons. The highest BCUT2D eigenvalue weighted by Gasteiger charge is 2.14.